The molecule has 0 atom stereocenters. The van der Waals surface area contributed by atoms with E-state index < -0.39 is 0 Å². The Morgan fingerprint density at radius 1 is 0.844 bits per heavy atom. The van der Waals surface area contributed by atoms with Crippen LogP contribution in [0.25, 0.3) is 22.1 Å². The van der Waals surface area contributed by atoms with Gasteiger partial charge in [-0.1, -0.05) is 29.8 Å². The molecular weight excluding hydrogens is 404 g/mol. The van der Waals surface area contributed by atoms with Crippen molar-refractivity contribution < 1.29 is 18.6 Å². The molecule has 1 aromatic heterocycles. The van der Waals surface area contributed by atoms with Crippen molar-refractivity contribution in [3.8, 4) is 28.4 Å². The van der Waals surface area contributed by atoms with Gasteiger partial charge in [0.25, 0.3) is 0 Å². The quantitative estimate of drug-likeness (QED) is 0.377. The average molecular weight is 431 g/mol. The molecule has 0 amide bonds. The number of rotatable bonds is 6. The number of fused-ring (bicyclic) bond motifs is 1. The minimum Gasteiger partial charge on any atom is -0.493 e. The van der Waals surface area contributed by atoms with E-state index in [-0.39, 0.29) is 5.43 Å². The van der Waals surface area contributed by atoms with Gasteiger partial charge in [0.05, 0.1) is 25.2 Å². The highest BCUT2D eigenvalue weighted by Gasteiger charge is 2.16. The highest BCUT2D eigenvalue weighted by atomic mass is 16.5. The predicted molar refractivity (Wildman–Crippen MR) is 126 cm³/mol. The standard InChI is InChI=1S/C27H26O5/c1-16-6-7-17(2)20(12-16)15-31-21-9-10-22-24(14-21)32-18(3)26(27(22)28)19-8-11-23(29-4)25(13-19)30-5/h6-14H,15H2,1-5H3. The van der Waals surface area contributed by atoms with E-state index in [1.54, 1.807) is 51.5 Å². The first-order valence-electron chi connectivity index (χ1n) is 10.4. The van der Waals surface area contributed by atoms with Crippen LogP contribution >= 0.6 is 0 Å². The molecule has 5 nitrogen and oxygen atoms in total. The highest BCUT2D eigenvalue weighted by molar-refractivity contribution is 5.84. The molecule has 0 aliphatic heterocycles. The Balaban J connectivity index is 1.69. The molecule has 32 heavy (non-hydrogen) atoms. The van der Waals surface area contributed by atoms with Gasteiger partial charge >= 0.3 is 0 Å². The number of hydrogen-bond acceptors (Lipinski definition) is 5. The number of aryl methyl sites for hydroxylation is 3. The van der Waals surface area contributed by atoms with Crippen LogP contribution in [0.3, 0.4) is 0 Å². The van der Waals surface area contributed by atoms with E-state index in [1.807, 2.05) is 6.07 Å². The molecule has 164 valence electrons. The van der Waals surface area contributed by atoms with Crippen LogP contribution in [-0.4, -0.2) is 14.2 Å². The van der Waals surface area contributed by atoms with Gasteiger partial charge in [-0.2, -0.15) is 0 Å². The zero-order valence-electron chi connectivity index (χ0n) is 18.9. The first-order chi connectivity index (χ1) is 15.4. The Hall–Kier alpha value is -3.73. The van der Waals surface area contributed by atoms with Crippen molar-refractivity contribution in [3.05, 3.63) is 87.3 Å². The Labute approximate surface area is 187 Å². The van der Waals surface area contributed by atoms with Crippen molar-refractivity contribution in [2.75, 3.05) is 14.2 Å². The molecule has 0 aliphatic carbocycles. The molecule has 4 aromatic rings. The maximum Gasteiger partial charge on any atom is 0.200 e. The van der Waals surface area contributed by atoms with E-state index >= 15 is 0 Å². The monoisotopic (exact) mass is 430 g/mol. The van der Waals surface area contributed by atoms with Gasteiger partial charge in [0.1, 0.15) is 23.7 Å². The van der Waals surface area contributed by atoms with Gasteiger partial charge in [0.2, 0.25) is 5.43 Å². The van der Waals surface area contributed by atoms with E-state index in [4.69, 9.17) is 18.6 Å². The summed E-state index contributed by atoms with van der Waals surface area (Å²) in [5, 5.41) is 0.500. The lowest BCUT2D eigenvalue weighted by Gasteiger charge is -2.12. The van der Waals surface area contributed by atoms with E-state index in [0.29, 0.717) is 51.7 Å². The van der Waals surface area contributed by atoms with Gasteiger partial charge < -0.3 is 18.6 Å². The Kier molecular flexibility index (Phi) is 5.91. The maximum atomic E-state index is 13.3. The van der Waals surface area contributed by atoms with Crippen molar-refractivity contribution in [2.45, 2.75) is 27.4 Å². The lowest BCUT2D eigenvalue weighted by Crippen LogP contribution is -2.08. The molecule has 0 saturated carbocycles. The molecule has 0 fully saturated rings. The largest absolute Gasteiger partial charge is 0.493 e. The van der Waals surface area contributed by atoms with Gasteiger partial charge in [0, 0.05) is 6.07 Å². The second kappa shape index (κ2) is 8.79. The molecule has 0 spiro atoms. The van der Waals surface area contributed by atoms with Gasteiger partial charge in [-0.3, -0.25) is 4.79 Å². The average Bonchev–Trinajstić information content (AvgIpc) is 2.79. The van der Waals surface area contributed by atoms with E-state index in [9.17, 15) is 4.79 Å². The molecule has 0 unspecified atom stereocenters. The Bertz CT molecular complexity index is 1350. The van der Waals surface area contributed by atoms with Crippen molar-refractivity contribution in [3.63, 3.8) is 0 Å². The minimum absolute atomic E-state index is 0.1000. The van der Waals surface area contributed by atoms with Crippen LogP contribution in [0.15, 0.2) is 63.8 Å². The van der Waals surface area contributed by atoms with Crippen molar-refractivity contribution in [1.82, 2.24) is 0 Å². The summed E-state index contributed by atoms with van der Waals surface area (Å²) in [6.45, 7) is 6.37. The summed E-state index contributed by atoms with van der Waals surface area (Å²) < 4.78 is 22.7. The van der Waals surface area contributed by atoms with Crippen LogP contribution in [0.1, 0.15) is 22.5 Å². The molecule has 3 aromatic carbocycles. The molecule has 0 saturated heterocycles. The minimum atomic E-state index is -0.1000. The van der Waals surface area contributed by atoms with Crippen LogP contribution in [0.4, 0.5) is 0 Å². The summed E-state index contributed by atoms with van der Waals surface area (Å²) in [6.07, 6.45) is 0. The molecule has 5 heteroatoms. The molecular formula is C27H26O5. The second-order valence-electron chi connectivity index (χ2n) is 7.81. The third kappa shape index (κ3) is 4.06. The highest BCUT2D eigenvalue weighted by Crippen LogP contribution is 2.33. The second-order valence-corrected chi connectivity index (χ2v) is 7.81. The van der Waals surface area contributed by atoms with Crippen LogP contribution in [0.5, 0.6) is 17.2 Å². The fourth-order valence-electron chi connectivity index (χ4n) is 3.82. The molecule has 4 rings (SSSR count). The van der Waals surface area contributed by atoms with Crippen LogP contribution in [0.2, 0.25) is 0 Å². The summed E-state index contributed by atoms with van der Waals surface area (Å²) in [5.41, 5.74) is 5.11. The summed E-state index contributed by atoms with van der Waals surface area (Å²) >= 11 is 0. The fraction of sp³-hybridized carbons (Fsp3) is 0.222. The lowest BCUT2D eigenvalue weighted by molar-refractivity contribution is 0.305. The smallest absolute Gasteiger partial charge is 0.200 e. The molecule has 0 bridgehead atoms. The molecule has 0 aliphatic rings. The third-order valence-electron chi connectivity index (χ3n) is 5.61. The topological polar surface area (TPSA) is 57.9 Å². The number of methoxy groups -OCH3 is 2. The number of ether oxygens (including phenoxy) is 3. The van der Waals surface area contributed by atoms with Gasteiger partial charge in [-0.25, -0.2) is 0 Å². The normalized spacial score (nSPS) is 10.9. The van der Waals surface area contributed by atoms with Crippen molar-refractivity contribution in [1.29, 1.82) is 0 Å². The molecule has 0 N–H and O–H groups in total. The molecule has 1 heterocycles. The SMILES string of the molecule is COc1ccc(-c2c(C)oc3cc(OCc4cc(C)ccc4C)ccc3c2=O)cc1OC. The van der Waals surface area contributed by atoms with Crippen LogP contribution in [-0.2, 0) is 6.61 Å². The van der Waals surface area contributed by atoms with Gasteiger partial charge in [0.15, 0.2) is 11.5 Å². The van der Waals surface area contributed by atoms with Crippen molar-refractivity contribution in [2.24, 2.45) is 0 Å². The van der Waals surface area contributed by atoms with E-state index in [2.05, 4.69) is 32.0 Å². The summed E-state index contributed by atoms with van der Waals surface area (Å²) in [4.78, 5) is 13.3. The summed E-state index contributed by atoms with van der Waals surface area (Å²) in [5.74, 6) is 2.34. The molecule has 0 radical (unpaired) electrons. The van der Waals surface area contributed by atoms with Gasteiger partial charge in [-0.15, -0.1) is 0 Å². The number of benzene rings is 3. The predicted octanol–water partition coefficient (Wildman–Crippen LogP) is 5.98. The lowest BCUT2D eigenvalue weighted by atomic mass is 10.0. The van der Waals surface area contributed by atoms with Crippen LogP contribution in [0, 0.1) is 20.8 Å². The third-order valence-corrected chi connectivity index (χ3v) is 5.61. The maximum absolute atomic E-state index is 13.3. The van der Waals surface area contributed by atoms with Crippen LogP contribution < -0.4 is 19.6 Å². The summed E-state index contributed by atoms with van der Waals surface area (Å²) in [6, 6.07) is 17.0. The van der Waals surface area contributed by atoms with E-state index in [1.165, 1.54) is 11.1 Å². The summed E-state index contributed by atoms with van der Waals surface area (Å²) in [7, 11) is 3.14. The van der Waals surface area contributed by atoms with Gasteiger partial charge in [-0.05, 0) is 61.7 Å². The first kappa shape index (κ1) is 21.5. The fourth-order valence-corrected chi connectivity index (χ4v) is 3.82. The first-order valence-corrected chi connectivity index (χ1v) is 10.4. The Morgan fingerprint density at radius 2 is 1.62 bits per heavy atom. The number of hydrogen-bond donors (Lipinski definition) is 0. The zero-order valence-corrected chi connectivity index (χ0v) is 18.9. The van der Waals surface area contributed by atoms with Crippen molar-refractivity contribution >= 4 is 11.0 Å². The van der Waals surface area contributed by atoms with E-state index in [0.717, 1.165) is 5.56 Å². The Morgan fingerprint density at radius 3 is 2.38 bits per heavy atom. The zero-order chi connectivity index (χ0) is 22.8.